The van der Waals surface area contributed by atoms with Crippen LogP contribution >= 0.6 is 0 Å². The maximum absolute atomic E-state index is 9.46. The van der Waals surface area contributed by atoms with Crippen molar-refractivity contribution >= 4 is 5.84 Å². The van der Waals surface area contributed by atoms with Gasteiger partial charge in [-0.05, 0) is 56.2 Å². The SMILES string of the molecule is Cc1cc(C)cc(Oc2nc(C)ccc2/C(=N/O)n2ccnc2)c1. The van der Waals surface area contributed by atoms with Crippen molar-refractivity contribution in [1.29, 1.82) is 0 Å². The average molecular weight is 322 g/mol. The number of hydrogen-bond acceptors (Lipinski definition) is 5. The molecule has 122 valence electrons. The van der Waals surface area contributed by atoms with Gasteiger partial charge in [0.25, 0.3) is 0 Å². The maximum Gasteiger partial charge on any atom is 0.230 e. The van der Waals surface area contributed by atoms with Crippen molar-refractivity contribution in [2.75, 3.05) is 0 Å². The third-order valence-electron chi connectivity index (χ3n) is 3.49. The highest BCUT2D eigenvalue weighted by Gasteiger charge is 2.16. The van der Waals surface area contributed by atoms with Crippen LogP contribution in [-0.2, 0) is 0 Å². The Morgan fingerprint density at radius 3 is 2.50 bits per heavy atom. The first-order valence-corrected chi connectivity index (χ1v) is 7.51. The fraction of sp³-hybridized carbons (Fsp3) is 0.167. The van der Waals surface area contributed by atoms with E-state index in [1.807, 2.05) is 45.0 Å². The minimum Gasteiger partial charge on any atom is -0.438 e. The summed E-state index contributed by atoms with van der Waals surface area (Å²) >= 11 is 0. The Morgan fingerprint density at radius 1 is 1.12 bits per heavy atom. The number of imidazole rings is 1. The van der Waals surface area contributed by atoms with E-state index in [0.29, 0.717) is 23.0 Å². The van der Waals surface area contributed by atoms with Crippen LogP contribution in [0.25, 0.3) is 0 Å². The molecule has 1 N–H and O–H groups in total. The van der Waals surface area contributed by atoms with Gasteiger partial charge in [0.2, 0.25) is 5.88 Å². The number of rotatable bonds is 3. The van der Waals surface area contributed by atoms with Gasteiger partial charge in [-0.2, -0.15) is 0 Å². The molecule has 0 aliphatic rings. The van der Waals surface area contributed by atoms with Gasteiger partial charge in [0, 0.05) is 18.1 Å². The molecule has 0 spiro atoms. The molecule has 1 aromatic carbocycles. The van der Waals surface area contributed by atoms with Gasteiger partial charge < -0.3 is 9.94 Å². The maximum atomic E-state index is 9.46. The van der Waals surface area contributed by atoms with E-state index in [4.69, 9.17) is 4.74 Å². The molecule has 0 aliphatic heterocycles. The van der Waals surface area contributed by atoms with Crippen LogP contribution in [0.3, 0.4) is 0 Å². The summed E-state index contributed by atoms with van der Waals surface area (Å²) in [6, 6.07) is 9.60. The van der Waals surface area contributed by atoms with Crippen molar-refractivity contribution in [2.24, 2.45) is 5.16 Å². The zero-order chi connectivity index (χ0) is 17.1. The third-order valence-corrected chi connectivity index (χ3v) is 3.49. The Hall–Kier alpha value is -3.15. The van der Waals surface area contributed by atoms with Crippen molar-refractivity contribution < 1.29 is 9.94 Å². The van der Waals surface area contributed by atoms with Crippen LogP contribution in [0.4, 0.5) is 0 Å². The minimum absolute atomic E-state index is 0.291. The lowest BCUT2D eigenvalue weighted by molar-refractivity contribution is 0.317. The Kier molecular flexibility index (Phi) is 4.29. The Bertz CT molecular complexity index is 866. The predicted molar refractivity (Wildman–Crippen MR) is 90.9 cm³/mol. The standard InChI is InChI=1S/C18H18N4O2/c1-12-8-13(2)10-15(9-12)24-18-16(5-4-14(3)20-18)17(21-23)22-7-6-19-11-22/h4-11,23H,1-3H3/b21-17-. The van der Waals surface area contributed by atoms with Crippen LogP contribution in [0, 0.1) is 20.8 Å². The fourth-order valence-corrected chi connectivity index (χ4v) is 2.51. The highest BCUT2D eigenvalue weighted by Crippen LogP contribution is 2.26. The first-order valence-electron chi connectivity index (χ1n) is 7.51. The molecule has 2 aromatic heterocycles. The molecule has 0 bridgehead atoms. The summed E-state index contributed by atoms with van der Waals surface area (Å²) in [6.07, 6.45) is 4.85. The van der Waals surface area contributed by atoms with Gasteiger partial charge in [0.15, 0.2) is 5.84 Å². The Morgan fingerprint density at radius 2 is 1.88 bits per heavy atom. The number of aromatic nitrogens is 3. The second-order valence-corrected chi connectivity index (χ2v) is 5.62. The molecule has 2 heterocycles. The number of nitrogens with zero attached hydrogens (tertiary/aromatic N) is 4. The van der Waals surface area contributed by atoms with Gasteiger partial charge in [0.1, 0.15) is 12.1 Å². The molecule has 0 aliphatic carbocycles. The van der Waals surface area contributed by atoms with Crippen molar-refractivity contribution in [3.05, 3.63) is 71.4 Å². The average Bonchev–Trinajstić information content (AvgIpc) is 3.03. The van der Waals surface area contributed by atoms with E-state index >= 15 is 0 Å². The van der Waals surface area contributed by atoms with E-state index in [2.05, 4.69) is 21.2 Å². The number of hydrogen-bond donors (Lipinski definition) is 1. The fourth-order valence-electron chi connectivity index (χ4n) is 2.51. The van der Waals surface area contributed by atoms with Crippen molar-refractivity contribution in [2.45, 2.75) is 20.8 Å². The summed E-state index contributed by atoms with van der Waals surface area (Å²) in [6.45, 7) is 5.90. The number of benzene rings is 1. The van der Waals surface area contributed by atoms with Crippen LogP contribution in [0.5, 0.6) is 11.6 Å². The summed E-state index contributed by atoms with van der Waals surface area (Å²) in [4.78, 5) is 8.44. The second kappa shape index (κ2) is 6.54. The highest BCUT2D eigenvalue weighted by atomic mass is 16.5. The number of pyridine rings is 1. The molecule has 3 rings (SSSR count). The van der Waals surface area contributed by atoms with Crippen molar-refractivity contribution in [3.8, 4) is 11.6 Å². The normalized spacial score (nSPS) is 11.5. The molecular formula is C18H18N4O2. The smallest absolute Gasteiger partial charge is 0.230 e. The summed E-state index contributed by atoms with van der Waals surface area (Å²) in [7, 11) is 0. The summed E-state index contributed by atoms with van der Waals surface area (Å²) in [5.41, 5.74) is 3.58. The molecule has 0 radical (unpaired) electrons. The minimum atomic E-state index is 0.291. The van der Waals surface area contributed by atoms with Gasteiger partial charge in [-0.15, -0.1) is 0 Å². The lowest BCUT2D eigenvalue weighted by Gasteiger charge is -2.13. The molecular weight excluding hydrogens is 304 g/mol. The molecule has 0 amide bonds. The summed E-state index contributed by atoms with van der Waals surface area (Å²) in [5, 5.41) is 12.8. The number of ether oxygens (including phenoxy) is 1. The van der Waals surface area contributed by atoms with Crippen LogP contribution in [0.1, 0.15) is 22.4 Å². The molecule has 6 nitrogen and oxygen atoms in total. The van der Waals surface area contributed by atoms with Crippen LogP contribution in [0.2, 0.25) is 0 Å². The van der Waals surface area contributed by atoms with Gasteiger partial charge in [0.05, 0.1) is 5.56 Å². The first kappa shape index (κ1) is 15.7. The van der Waals surface area contributed by atoms with E-state index < -0.39 is 0 Å². The molecule has 0 unspecified atom stereocenters. The van der Waals surface area contributed by atoms with Crippen LogP contribution in [-0.4, -0.2) is 25.6 Å². The van der Waals surface area contributed by atoms with E-state index in [0.717, 1.165) is 16.8 Å². The molecule has 6 heteroatoms. The summed E-state index contributed by atoms with van der Waals surface area (Å²) < 4.78 is 7.59. The predicted octanol–water partition coefficient (Wildman–Crippen LogP) is 3.68. The van der Waals surface area contributed by atoms with Crippen molar-refractivity contribution in [3.63, 3.8) is 0 Å². The molecule has 3 aromatic rings. The Balaban J connectivity index is 2.06. The second-order valence-electron chi connectivity index (χ2n) is 5.62. The van der Waals surface area contributed by atoms with Crippen LogP contribution < -0.4 is 4.74 Å². The molecule has 24 heavy (non-hydrogen) atoms. The molecule has 0 atom stereocenters. The van der Waals surface area contributed by atoms with E-state index in [1.165, 1.54) is 0 Å². The zero-order valence-corrected chi connectivity index (χ0v) is 13.8. The van der Waals surface area contributed by atoms with E-state index in [1.54, 1.807) is 23.3 Å². The van der Waals surface area contributed by atoms with Crippen LogP contribution in [0.15, 0.2) is 54.2 Å². The number of aryl methyl sites for hydroxylation is 3. The molecule has 0 saturated heterocycles. The van der Waals surface area contributed by atoms with Gasteiger partial charge >= 0.3 is 0 Å². The third kappa shape index (κ3) is 3.27. The molecule has 0 fully saturated rings. The lowest BCUT2D eigenvalue weighted by Crippen LogP contribution is -2.14. The highest BCUT2D eigenvalue weighted by molar-refractivity contribution is 6.01. The zero-order valence-electron chi connectivity index (χ0n) is 13.8. The van der Waals surface area contributed by atoms with Gasteiger partial charge in [-0.3, -0.25) is 4.57 Å². The number of oxime groups is 1. The van der Waals surface area contributed by atoms with Crippen molar-refractivity contribution in [1.82, 2.24) is 14.5 Å². The topological polar surface area (TPSA) is 72.5 Å². The van der Waals surface area contributed by atoms with E-state index in [-0.39, 0.29) is 0 Å². The molecule has 0 saturated carbocycles. The Labute approximate surface area is 140 Å². The lowest BCUT2D eigenvalue weighted by atomic mass is 10.1. The van der Waals surface area contributed by atoms with Gasteiger partial charge in [-0.1, -0.05) is 11.2 Å². The van der Waals surface area contributed by atoms with Gasteiger partial charge in [-0.25, -0.2) is 9.97 Å². The largest absolute Gasteiger partial charge is 0.438 e. The first-order chi connectivity index (χ1) is 11.6. The quantitative estimate of drug-likeness (QED) is 0.345. The summed E-state index contributed by atoms with van der Waals surface area (Å²) in [5.74, 6) is 1.36. The van der Waals surface area contributed by atoms with E-state index in [9.17, 15) is 5.21 Å². The monoisotopic (exact) mass is 322 g/mol.